The number of ketones is 2. The summed E-state index contributed by atoms with van der Waals surface area (Å²) in [6.07, 6.45) is 1.21. The highest BCUT2D eigenvalue weighted by Crippen LogP contribution is 2.16. The van der Waals surface area contributed by atoms with Gasteiger partial charge in [0.2, 0.25) is 11.8 Å². The van der Waals surface area contributed by atoms with E-state index in [-0.39, 0.29) is 81.9 Å². The first-order valence-electron chi connectivity index (χ1n) is 15.8. The minimum atomic E-state index is -0.815. The lowest BCUT2D eigenvalue weighted by Crippen LogP contribution is -2.46. The quantitative estimate of drug-likeness (QED) is 0.0946. The molecule has 1 aromatic carbocycles. The minimum Gasteiger partial charge on any atom is -0.447 e. The number of carbonyl (C=O) groups excluding carboxylic acids is 6. The number of alkyl carbamates (subject to hydrolysis) is 1. The first-order valence-corrected chi connectivity index (χ1v) is 15.8. The van der Waals surface area contributed by atoms with E-state index in [1.807, 2.05) is 44.2 Å². The van der Waals surface area contributed by atoms with Crippen molar-refractivity contribution >= 4 is 35.8 Å². The number of carbonyl (C=O) groups is 6. The Labute approximate surface area is 271 Å². The monoisotopic (exact) mass is 649 g/mol. The standard InChI is InChI=1S/C33H51N3O10/c1-25(2)21-29(30(39)11-12-31(40)34-13-7-15-44-18-17-43-3)36-32(41)27(22-26-9-5-4-6-10-26)23-28(38)24-35-33(42)46-20-19-45-16-8-14-37/h4-6,9-10,14,25,27,29H,7-8,11-13,15-24H2,1-3H3,(H,34,40)(H,35,42)(H,36,41). The Balaban J connectivity index is 2.70. The van der Waals surface area contributed by atoms with Gasteiger partial charge in [0.05, 0.1) is 39.0 Å². The van der Waals surface area contributed by atoms with Crippen LogP contribution in [0.5, 0.6) is 0 Å². The fourth-order valence-electron chi connectivity index (χ4n) is 4.33. The topological polar surface area (TPSA) is 175 Å². The van der Waals surface area contributed by atoms with E-state index in [0.717, 1.165) is 11.8 Å². The zero-order valence-corrected chi connectivity index (χ0v) is 27.4. The molecule has 0 aromatic heterocycles. The third-order valence-electron chi connectivity index (χ3n) is 6.67. The van der Waals surface area contributed by atoms with Crippen molar-refractivity contribution in [1.82, 2.24) is 16.0 Å². The molecule has 3 amide bonds. The molecule has 258 valence electrons. The van der Waals surface area contributed by atoms with E-state index >= 15 is 0 Å². The lowest BCUT2D eigenvalue weighted by molar-refractivity contribution is -0.133. The van der Waals surface area contributed by atoms with Gasteiger partial charge in [0.1, 0.15) is 12.9 Å². The summed E-state index contributed by atoms with van der Waals surface area (Å²) in [7, 11) is 1.59. The Morgan fingerprint density at radius 3 is 2.28 bits per heavy atom. The summed E-state index contributed by atoms with van der Waals surface area (Å²) in [5.41, 5.74) is 0.838. The van der Waals surface area contributed by atoms with Crippen LogP contribution in [0.4, 0.5) is 4.79 Å². The second-order valence-electron chi connectivity index (χ2n) is 11.2. The van der Waals surface area contributed by atoms with E-state index in [4.69, 9.17) is 18.9 Å². The highest BCUT2D eigenvalue weighted by Gasteiger charge is 2.28. The molecule has 46 heavy (non-hydrogen) atoms. The van der Waals surface area contributed by atoms with Crippen molar-refractivity contribution in [2.45, 2.75) is 64.8 Å². The van der Waals surface area contributed by atoms with E-state index in [1.54, 1.807) is 7.11 Å². The number of hydrogen-bond acceptors (Lipinski definition) is 10. The van der Waals surface area contributed by atoms with E-state index in [2.05, 4.69) is 16.0 Å². The second-order valence-corrected chi connectivity index (χ2v) is 11.2. The molecule has 1 rings (SSSR count). The summed E-state index contributed by atoms with van der Waals surface area (Å²) in [5.74, 6) is -2.07. The third kappa shape index (κ3) is 20.4. The molecule has 3 N–H and O–H groups in total. The summed E-state index contributed by atoms with van der Waals surface area (Å²) < 4.78 is 20.3. The molecule has 0 spiro atoms. The molecule has 13 nitrogen and oxygen atoms in total. The van der Waals surface area contributed by atoms with Crippen molar-refractivity contribution in [3.05, 3.63) is 35.9 Å². The molecule has 0 bridgehead atoms. The number of Topliss-reactive ketones (excluding diaryl/α,β-unsaturated/α-hetero) is 2. The van der Waals surface area contributed by atoms with E-state index in [0.29, 0.717) is 39.2 Å². The number of benzene rings is 1. The number of methoxy groups -OCH3 is 1. The number of hydrogen-bond donors (Lipinski definition) is 3. The average molecular weight is 650 g/mol. The molecule has 0 heterocycles. The van der Waals surface area contributed by atoms with Crippen molar-refractivity contribution in [2.24, 2.45) is 11.8 Å². The van der Waals surface area contributed by atoms with Crippen molar-refractivity contribution in [3.8, 4) is 0 Å². The maximum absolute atomic E-state index is 13.5. The molecule has 0 radical (unpaired) electrons. The van der Waals surface area contributed by atoms with E-state index in [9.17, 15) is 28.8 Å². The van der Waals surface area contributed by atoms with Gasteiger partial charge in [-0.25, -0.2) is 4.79 Å². The van der Waals surface area contributed by atoms with Gasteiger partial charge in [0.15, 0.2) is 11.6 Å². The van der Waals surface area contributed by atoms with Crippen molar-refractivity contribution in [1.29, 1.82) is 0 Å². The molecule has 0 aliphatic heterocycles. The van der Waals surface area contributed by atoms with Gasteiger partial charge in [-0.1, -0.05) is 44.2 Å². The highest BCUT2D eigenvalue weighted by atomic mass is 16.6. The molecule has 1 aromatic rings. The highest BCUT2D eigenvalue weighted by molar-refractivity contribution is 5.94. The number of ether oxygens (including phenoxy) is 4. The Hall–Kier alpha value is -3.68. The van der Waals surface area contributed by atoms with E-state index in [1.165, 1.54) is 0 Å². The Morgan fingerprint density at radius 1 is 0.870 bits per heavy atom. The number of aldehydes is 1. The maximum atomic E-state index is 13.5. The van der Waals surface area contributed by atoms with Gasteiger partial charge in [-0.05, 0) is 30.7 Å². The Bertz CT molecular complexity index is 1050. The maximum Gasteiger partial charge on any atom is 0.407 e. The van der Waals surface area contributed by atoms with Crippen LogP contribution in [-0.2, 0) is 49.3 Å². The van der Waals surface area contributed by atoms with Gasteiger partial charge < -0.3 is 39.7 Å². The lowest BCUT2D eigenvalue weighted by atomic mass is 9.91. The zero-order valence-electron chi connectivity index (χ0n) is 27.4. The summed E-state index contributed by atoms with van der Waals surface area (Å²) in [4.78, 5) is 74.0. The predicted octanol–water partition coefficient (Wildman–Crippen LogP) is 2.19. The first-order chi connectivity index (χ1) is 22.2. The van der Waals surface area contributed by atoms with Crippen LogP contribution in [0.15, 0.2) is 30.3 Å². The molecule has 0 aliphatic carbocycles. The van der Waals surface area contributed by atoms with E-state index < -0.39 is 24.0 Å². The largest absolute Gasteiger partial charge is 0.447 e. The predicted molar refractivity (Wildman–Crippen MR) is 170 cm³/mol. The number of rotatable bonds is 27. The van der Waals surface area contributed by atoms with Crippen molar-refractivity contribution in [3.63, 3.8) is 0 Å². The summed E-state index contributed by atoms with van der Waals surface area (Å²) in [6, 6.07) is 8.38. The number of amides is 3. The number of nitrogens with one attached hydrogen (secondary N) is 3. The Kier molecular flexibility index (Phi) is 22.4. The minimum absolute atomic E-state index is 0.00754. The van der Waals surface area contributed by atoms with Crippen molar-refractivity contribution < 1.29 is 47.7 Å². The smallest absolute Gasteiger partial charge is 0.407 e. The van der Waals surface area contributed by atoms with Crippen LogP contribution >= 0.6 is 0 Å². The molecule has 2 unspecified atom stereocenters. The molecular formula is C33H51N3O10. The zero-order chi connectivity index (χ0) is 34.0. The van der Waals surface area contributed by atoms with Crippen LogP contribution in [0.1, 0.15) is 57.9 Å². The molecule has 0 aliphatic rings. The van der Waals surface area contributed by atoms with Gasteiger partial charge in [0, 0.05) is 51.9 Å². The lowest BCUT2D eigenvalue weighted by Gasteiger charge is -2.23. The van der Waals surface area contributed by atoms with Crippen LogP contribution in [0.25, 0.3) is 0 Å². The van der Waals surface area contributed by atoms with Gasteiger partial charge >= 0.3 is 6.09 Å². The third-order valence-corrected chi connectivity index (χ3v) is 6.67. The van der Waals surface area contributed by atoms with Crippen LogP contribution in [0.3, 0.4) is 0 Å². The summed E-state index contributed by atoms with van der Waals surface area (Å²) >= 11 is 0. The van der Waals surface area contributed by atoms with Crippen LogP contribution in [-0.4, -0.2) is 102 Å². The average Bonchev–Trinajstić information content (AvgIpc) is 3.03. The SMILES string of the molecule is COCCOCCCNC(=O)CCC(=O)C(CC(C)C)NC(=O)C(CC(=O)CNC(=O)OCCOCCC=O)Cc1ccccc1. The molecular weight excluding hydrogens is 598 g/mol. The molecule has 2 atom stereocenters. The summed E-state index contributed by atoms with van der Waals surface area (Å²) in [5, 5.41) is 7.99. The van der Waals surface area contributed by atoms with Gasteiger partial charge in [-0.3, -0.25) is 19.2 Å². The van der Waals surface area contributed by atoms with Gasteiger partial charge in [-0.15, -0.1) is 0 Å². The normalized spacial score (nSPS) is 12.2. The molecule has 0 saturated heterocycles. The fraction of sp³-hybridized carbons (Fsp3) is 0.636. The Morgan fingerprint density at radius 2 is 1.59 bits per heavy atom. The van der Waals surface area contributed by atoms with Crippen molar-refractivity contribution in [2.75, 3.05) is 59.8 Å². The van der Waals surface area contributed by atoms with Gasteiger partial charge in [-0.2, -0.15) is 0 Å². The van der Waals surface area contributed by atoms with Crippen LogP contribution in [0, 0.1) is 11.8 Å². The summed E-state index contributed by atoms with van der Waals surface area (Å²) in [6.45, 7) is 5.70. The molecule has 0 fully saturated rings. The van der Waals surface area contributed by atoms with Gasteiger partial charge in [0.25, 0.3) is 0 Å². The molecule has 13 heteroatoms. The second kappa shape index (κ2) is 25.5. The van der Waals surface area contributed by atoms with Crippen LogP contribution < -0.4 is 16.0 Å². The molecule has 0 saturated carbocycles. The first kappa shape index (κ1) is 40.3. The van der Waals surface area contributed by atoms with Crippen LogP contribution in [0.2, 0.25) is 0 Å². The fourth-order valence-corrected chi connectivity index (χ4v) is 4.33.